The molecule has 0 saturated carbocycles. The van der Waals surface area contributed by atoms with Crippen LogP contribution in [-0.2, 0) is 25.7 Å². The minimum Gasteiger partial charge on any atom is -0.768 e. The molecule has 2 aromatic carbocycles. The average Bonchev–Trinajstić information content (AvgIpc) is 2.65. The maximum atomic E-state index is 13.3. The molecule has 13 nitrogen and oxygen atoms in total. The van der Waals surface area contributed by atoms with Gasteiger partial charge in [0.05, 0.1) is 10.6 Å². The fourth-order valence-corrected chi connectivity index (χ4v) is 4.44. The van der Waals surface area contributed by atoms with Crippen LogP contribution in [0.15, 0.2) is 61.4 Å². The van der Waals surface area contributed by atoms with Gasteiger partial charge in [0.25, 0.3) is 0 Å². The maximum absolute atomic E-state index is 13.3. The van der Waals surface area contributed by atoms with Crippen molar-refractivity contribution < 1.29 is 22.0 Å². The first-order valence-corrected chi connectivity index (χ1v) is 9.98. The minimum absolute atomic E-state index is 0.258. The summed E-state index contributed by atoms with van der Waals surface area (Å²) in [5.74, 6) is -0.876. The molecular weight excluding hydrogens is 424 g/mol. The Hall–Kier alpha value is -3.61. The quantitative estimate of drug-likeness (QED) is 0.179. The van der Waals surface area contributed by atoms with Crippen molar-refractivity contribution in [2.24, 2.45) is 10.3 Å². The normalized spacial score (nSPS) is 11.7. The number of nitrogens with zero attached hydrogens (tertiary/aromatic N) is 7. The molecule has 0 fully saturated rings. The van der Waals surface area contributed by atoms with Crippen molar-refractivity contribution in [2.45, 2.75) is 21.6 Å². The van der Waals surface area contributed by atoms with Gasteiger partial charge in [-0.05, 0) is 58.2 Å². The van der Waals surface area contributed by atoms with Crippen molar-refractivity contribution in [3.63, 3.8) is 0 Å². The molecule has 0 aromatic heterocycles. The van der Waals surface area contributed by atoms with E-state index in [2.05, 4.69) is 20.2 Å². The fraction of sp³-hybridized carbons (Fsp3) is 0.0714. The van der Waals surface area contributed by atoms with Crippen LogP contribution in [0.5, 0.6) is 0 Å². The molecular formula is C14H11N8O5S2-. The summed E-state index contributed by atoms with van der Waals surface area (Å²) >= 11 is -2.99. The van der Waals surface area contributed by atoms with Gasteiger partial charge in [0, 0.05) is 22.4 Å². The number of carbonyl (C=O) groups excluding carboxylic acids is 1. The summed E-state index contributed by atoms with van der Waals surface area (Å²) in [4.78, 5) is 15.1. The Labute approximate surface area is 166 Å². The van der Waals surface area contributed by atoms with Gasteiger partial charge in [0.1, 0.15) is 4.90 Å². The average molecular weight is 435 g/mol. The number of nitrogens with two attached hydrogens (primary N) is 1. The highest BCUT2D eigenvalue weighted by molar-refractivity contribution is 7.92. The standard InChI is InChI=1S/C14H12N8O5S2/c1-8(23)22(21-20-17)11-6-7-12(28(24)25)13(18-19-16)14(11)29(26,27)10-4-2-9(15)3-5-10/h2-7H,15H2,1H3,(H,24,25)/p-1. The summed E-state index contributed by atoms with van der Waals surface area (Å²) in [7, 11) is -4.56. The first kappa shape index (κ1) is 21.7. The maximum Gasteiger partial charge on any atom is 0.314 e. The molecule has 0 heterocycles. The van der Waals surface area contributed by atoms with Gasteiger partial charge < -0.3 is 10.3 Å². The molecule has 2 aromatic rings. The van der Waals surface area contributed by atoms with Gasteiger partial charge in [-0.25, -0.2) is 13.2 Å². The number of rotatable bonds is 6. The van der Waals surface area contributed by atoms with E-state index in [1.165, 1.54) is 12.1 Å². The van der Waals surface area contributed by atoms with Crippen molar-refractivity contribution in [3.05, 3.63) is 57.3 Å². The number of azide groups is 2. The number of anilines is 2. The fourth-order valence-electron chi connectivity index (χ4n) is 2.33. The minimum atomic E-state index is -4.56. The zero-order chi connectivity index (χ0) is 21.8. The van der Waals surface area contributed by atoms with E-state index in [9.17, 15) is 22.0 Å². The lowest BCUT2D eigenvalue weighted by Gasteiger charge is -2.19. The number of hydrogen-bond donors (Lipinski definition) is 1. The van der Waals surface area contributed by atoms with Crippen molar-refractivity contribution in [3.8, 4) is 0 Å². The Kier molecular flexibility index (Phi) is 6.43. The van der Waals surface area contributed by atoms with E-state index in [-0.39, 0.29) is 10.6 Å². The smallest absolute Gasteiger partial charge is 0.314 e. The van der Waals surface area contributed by atoms with E-state index in [1.54, 1.807) is 0 Å². The largest absolute Gasteiger partial charge is 0.768 e. The monoisotopic (exact) mass is 435 g/mol. The van der Waals surface area contributed by atoms with Crippen molar-refractivity contribution in [1.29, 1.82) is 0 Å². The first-order valence-electron chi connectivity index (χ1n) is 7.42. The van der Waals surface area contributed by atoms with Crippen molar-refractivity contribution in [2.75, 3.05) is 10.7 Å². The molecule has 0 spiro atoms. The van der Waals surface area contributed by atoms with Crippen LogP contribution in [0, 0.1) is 0 Å². The predicted molar refractivity (Wildman–Crippen MR) is 101 cm³/mol. The summed E-state index contributed by atoms with van der Waals surface area (Å²) in [5, 5.41) is 6.75. The highest BCUT2D eigenvalue weighted by Crippen LogP contribution is 2.41. The van der Waals surface area contributed by atoms with Crippen LogP contribution < -0.4 is 10.7 Å². The lowest BCUT2D eigenvalue weighted by Crippen LogP contribution is -2.24. The number of carbonyl (C=O) groups is 1. The van der Waals surface area contributed by atoms with Crippen LogP contribution in [0.1, 0.15) is 6.92 Å². The third-order valence-electron chi connectivity index (χ3n) is 3.51. The zero-order valence-electron chi connectivity index (χ0n) is 14.5. The molecule has 0 aliphatic heterocycles. The Morgan fingerprint density at radius 2 is 1.79 bits per heavy atom. The SMILES string of the molecule is CC(=O)N(N=[N+]=[N-])c1ccc(S(=O)[O-])c(N=[N+]=[N-])c1S(=O)(=O)c1ccc(N)cc1. The van der Waals surface area contributed by atoms with Gasteiger partial charge in [-0.3, -0.25) is 4.21 Å². The van der Waals surface area contributed by atoms with E-state index in [1.807, 2.05) is 0 Å². The Morgan fingerprint density at radius 1 is 1.17 bits per heavy atom. The number of benzene rings is 2. The number of hydrogen-bond acceptors (Lipinski definition) is 8. The van der Waals surface area contributed by atoms with Crippen LogP contribution in [0.3, 0.4) is 0 Å². The van der Waals surface area contributed by atoms with Gasteiger partial charge in [0.2, 0.25) is 9.84 Å². The lowest BCUT2D eigenvalue weighted by molar-refractivity contribution is -0.116. The molecule has 1 amide bonds. The molecule has 150 valence electrons. The topological polar surface area (TPSA) is 218 Å². The summed E-state index contributed by atoms with van der Waals surface area (Å²) in [5.41, 5.74) is 22.1. The van der Waals surface area contributed by atoms with E-state index < -0.39 is 48.0 Å². The van der Waals surface area contributed by atoms with Crippen molar-refractivity contribution >= 4 is 43.9 Å². The molecule has 0 bridgehead atoms. The van der Waals surface area contributed by atoms with Crippen LogP contribution in [0.2, 0.25) is 0 Å². The zero-order valence-corrected chi connectivity index (χ0v) is 16.2. The molecule has 1 atom stereocenters. The molecule has 0 radical (unpaired) electrons. The highest BCUT2D eigenvalue weighted by Gasteiger charge is 2.33. The molecule has 1 unspecified atom stereocenters. The molecule has 2 rings (SSSR count). The summed E-state index contributed by atoms with van der Waals surface area (Å²) in [6, 6.07) is 6.70. The van der Waals surface area contributed by atoms with Gasteiger partial charge >= 0.3 is 5.91 Å². The molecule has 0 aliphatic carbocycles. The van der Waals surface area contributed by atoms with E-state index in [0.29, 0.717) is 5.01 Å². The van der Waals surface area contributed by atoms with Gasteiger partial charge in [-0.15, -0.1) is 10.5 Å². The third kappa shape index (κ3) is 4.29. The third-order valence-corrected chi connectivity index (χ3v) is 6.03. The van der Waals surface area contributed by atoms with Crippen LogP contribution in [0.4, 0.5) is 17.1 Å². The number of nitrogen functional groups attached to an aromatic ring is 1. The van der Waals surface area contributed by atoms with Gasteiger partial charge in [0.15, 0.2) is 5.69 Å². The van der Waals surface area contributed by atoms with E-state index in [0.717, 1.165) is 31.2 Å². The molecule has 29 heavy (non-hydrogen) atoms. The summed E-state index contributed by atoms with van der Waals surface area (Å²) in [6.07, 6.45) is 0. The summed E-state index contributed by atoms with van der Waals surface area (Å²) < 4.78 is 49.6. The van der Waals surface area contributed by atoms with Crippen molar-refractivity contribution in [1.82, 2.24) is 0 Å². The second-order valence-electron chi connectivity index (χ2n) is 5.27. The second-order valence-corrected chi connectivity index (χ2v) is 8.06. The first-order chi connectivity index (χ1) is 13.6. The second kappa shape index (κ2) is 8.60. The van der Waals surface area contributed by atoms with E-state index >= 15 is 0 Å². The van der Waals surface area contributed by atoms with Gasteiger partial charge in [-0.2, -0.15) is 4.91 Å². The number of amides is 1. The Balaban J connectivity index is 3.05. The molecule has 0 aliphatic rings. The molecule has 0 saturated heterocycles. The van der Waals surface area contributed by atoms with Gasteiger partial charge in [-0.1, -0.05) is 5.11 Å². The van der Waals surface area contributed by atoms with E-state index in [4.69, 9.17) is 16.8 Å². The number of sulfone groups is 1. The Bertz CT molecular complexity index is 1200. The van der Waals surface area contributed by atoms with Crippen LogP contribution in [0.25, 0.3) is 20.9 Å². The molecule has 15 heteroatoms. The predicted octanol–water partition coefficient (Wildman–Crippen LogP) is 2.86. The van der Waals surface area contributed by atoms with Crippen LogP contribution >= 0.6 is 0 Å². The lowest BCUT2D eigenvalue weighted by atomic mass is 10.2. The Morgan fingerprint density at radius 3 is 2.28 bits per heavy atom. The highest BCUT2D eigenvalue weighted by atomic mass is 32.2. The van der Waals surface area contributed by atoms with Crippen LogP contribution in [-0.4, -0.2) is 23.1 Å². The summed E-state index contributed by atoms with van der Waals surface area (Å²) in [6.45, 7) is 0.987. The molecule has 2 N–H and O–H groups in total.